The molecule has 0 saturated heterocycles. The van der Waals surface area contributed by atoms with Crippen LogP contribution in [0.25, 0.3) is 0 Å². The summed E-state index contributed by atoms with van der Waals surface area (Å²) in [5.41, 5.74) is 6.51. The van der Waals surface area contributed by atoms with Crippen molar-refractivity contribution in [2.75, 3.05) is 0 Å². The molecule has 0 aromatic carbocycles. The maximum atomic E-state index is 6.11. The summed E-state index contributed by atoms with van der Waals surface area (Å²) in [6, 6.07) is 0. The summed E-state index contributed by atoms with van der Waals surface area (Å²) in [7, 11) is 0. The number of hydrogen-bond donors (Lipinski definition) is 1. The quantitative estimate of drug-likeness (QED) is 0.669. The standard InChI is InChI=1S/C10H23N/c1-6-7-10(5,11)8-9(2,3)4/h6-8,11H2,1-5H3. The molecule has 0 amide bonds. The molecule has 68 valence electrons. The Labute approximate surface area is 71.4 Å². The van der Waals surface area contributed by atoms with Gasteiger partial charge in [-0.25, -0.2) is 0 Å². The lowest BCUT2D eigenvalue weighted by atomic mass is 9.79. The van der Waals surface area contributed by atoms with Crippen LogP contribution in [-0.2, 0) is 0 Å². The minimum Gasteiger partial charge on any atom is -0.325 e. The topological polar surface area (TPSA) is 26.0 Å². The van der Waals surface area contributed by atoms with Gasteiger partial charge in [0.05, 0.1) is 0 Å². The van der Waals surface area contributed by atoms with E-state index >= 15 is 0 Å². The number of rotatable bonds is 3. The fraction of sp³-hybridized carbons (Fsp3) is 1.00. The molecule has 0 saturated carbocycles. The summed E-state index contributed by atoms with van der Waals surface area (Å²) < 4.78 is 0. The molecular formula is C10H23N. The SMILES string of the molecule is CCCC(C)(N)CC(C)(C)C. The average Bonchev–Trinajstić information content (AvgIpc) is 1.55. The Hall–Kier alpha value is -0.0400. The van der Waals surface area contributed by atoms with Crippen molar-refractivity contribution in [3.8, 4) is 0 Å². The Morgan fingerprint density at radius 2 is 1.55 bits per heavy atom. The summed E-state index contributed by atoms with van der Waals surface area (Å²) in [6.07, 6.45) is 3.42. The predicted octanol–water partition coefficient (Wildman–Crippen LogP) is 2.94. The highest BCUT2D eigenvalue weighted by molar-refractivity contribution is 4.83. The Kier molecular flexibility index (Phi) is 3.56. The molecule has 0 aliphatic rings. The van der Waals surface area contributed by atoms with Gasteiger partial charge >= 0.3 is 0 Å². The van der Waals surface area contributed by atoms with Gasteiger partial charge in [0.15, 0.2) is 0 Å². The zero-order chi connectivity index (χ0) is 9.12. The average molecular weight is 157 g/mol. The Morgan fingerprint density at radius 3 is 1.82 bits per heavy atom. The van der Waals surface area contributed by atoms with Crippen molar-refractivity contribution in [3.63, 3.8) is 0 Å². The molecule has 11 heavy (non-hydrogen) atoms. The summed E-state index contributed by atoms with van der Waals surface area (Å²) in [4.78, 5) is 0. The van der Waals surface area contributed by atoms with Gasteiger partial charge in [0.25, 0.3) is 0 Å². The van der Waals surface area contributed by atoms with Crippen molar-refractivity contribution in [3.05, 3.63) is 0 Å². The van der Waals surface area contributed by atoms with Gasteiger partial charge in [-0.3, -0.25) is 0 Å². The molecule has 1 atom stereocenters. The van der Waals surface area contributed by atoms with Crippen LogP contribution < -0.4 is 5.73 Å². The summed E-state index contributed by atoms with van der Waals surface area (Å²) >= 11 is 0. The normalized spacial score (nSPS) is 18.0. The van der Waals surface area contributed by atoms with Crippen molar-refractivity contribution < 1.29 is 0 Å². The molecule has 0 fully saturated rings. The van der Waals surface area contributed by atoms with Crippen LogP contribution in [0.1, 0.15) is 53.9 Å². The van der Waals surface area contributed by atoms with Gasteiger partial charge in [0.2, 0.25) is 0 Å². The highest BCUT2D eigenvalue weighted by Crippen LogP contribution is 2.28. The second kappa shape index (κ2) is 3.57. The maximum Gasteiger partial charge on any atom is 0.0130 e. The van der Waals surface area contributed by atoms with Crippen LogP contribution in [0, 0.1) is 5.41 Å². The molecule has 0 aromatic rings. The third-order valence-corrected chi connectivity index (χ3v) is 1.76. The van der Waals surface area contributed by atoms with E-state index in [1.54, 1.807) is 0 Å². The summed E-state index contributed by atoms with van der Waals surface area (Å²) in [6.45, 7) is 11.1. The first-order valence-electron chi connectivity index (χ1n) is 4.56. The molecule has 0 rings (SSSR count). The zero-order valence-corrected chi connectivity index (χ0v) is 8.70. The van der Waals surface area contributed by atoms with Crippen molar-refractivity contribution in [1.29, 1.82) is 0 Å². The van der Waals surface area contributed by atoms with Gasteiger partial charge in [-0.05, 0) is 25.2 Å². The second-order valence-corrected chi connectivity index (χ2v) is 5.14. The van der Waals surface area contributed by atoms with Gasteiger partial charge < -0.3 is 5.73 Å². The molecular weight excluding hydrogens is 134 g/mol. The molecule has 0 aliphatic carbocycles. The lowest BCUT2D eigenvalue weighted by molar-refractivity contribution is 0.257. The molecule has 2 N–H and O–H groups in total. The molecule has 0 spiro atoms. The van der Waals surface area contributed by atoms with Gasteiger partial charge in [-0.15, -0.1) is 0 Å². The second-order valence-electron chi connectivity index (χ2n) is 5.14. The maximum absolute atomic E-state index is 6.11. The van der Waals surface area contributed by atoms with Crippen molar-refractivity contribution >= 4 is 0 Å². The van der Waals surface area contributed by atoms with Gasteiger partial charge in [0.1, 0.15) is 0 Å². The summed E-state index contributed by atoms with van der Waals surface area (Å²) in [5.74, 6) is 0. The van der Waals surface area contributed by atoms with Crippen LogP contribution in [0.5, 0.6) is 0 Å². The van der Waals surface area contributed by atoms with E-state index in [0.717, 1.165) is 12.8 Å². The molecule has 0 radical (unpaired) electrons. The third-order valence-electron chi connectivity index (χ3n) is 1.76. The monoisotopic (exact) mass is 157 g/mol. The zero-order valence-electron chi connectivity index (χ0n) is 8.70. The molecule has 0 bridgehead atoms. The Morgan fingerprint density at radius 1 is 1.09 bits per heavy atom. The largest absolute Gasteiger partial charge is 0.325 e. The van der Waals surface area contributed by atoms with Crippen LogP contribution in [0.2, 0.25) is 0 Å². The van der Waals surface area contributed by atoms with E-state index in [1.807, 2.05) is 0 Å². The fourth-order valence-corrected chi connectivity index (χ4v) is 1.87. The predicted molar refractivity (Wildman–Crippen MR) is 51.6 cm³/mol. The Bertz CT molecular complexity index is 109. The van der Waals surface area contributed by atoms with E-state index in [-0.39, 0.29) is 5.54 Å². The first-order chi connectivity index (χ1) is 4.77. The van der Waals surface area contributed by atoms with E-state index in [9.17, 15) is 0 Å². The van der Waals surface area contributed by atoms with Crippen molar-refractivity contribution in [2.24, 2.45) is 11.1 Å². The number of hydrogen-bond acceptors (Lipinski definition) is 1. The third kappa shape index (κ3) is 6.36. The highest BCUT2D eigenvalue weighted by Gasteiger charge is 2.24. The molecule has 0 aliphatic heterocycles. The minimum atomic E-state index is 0.0347. The van der Waals surface area contributed by atoms with Crippen molar-refractivity contribution in [1.82, 2.24) is 0 Å². The van der Waals surface area contributed by atoms with E-state index < -0.39 is 0 Å². The van der Waals surface area contributed by atoms with Crippen molar-refractivity contribution in [2.45, 2.75) is 59.4 Å². The van der Waals surface area contributed by atoms with Gasteiger partial charge in [0, 0.05) is 5.54 Å². The van der Waals surface area contributed by atoms with Crippen LogP contribution in [0.3, 0.4) is 0 Å². The first kappa shape index (κ1) is 11.0. The first-order valence-corrected chi connectivity index (χ1v) is 4.56. The van der Waals surface area contributed by atoms with E-state index in [1.165, 1.54) is 6.42 Å². The smallest absolute Gasteiger partial charge is 0.0130 e. The highest BCUT2D eigenvalue weighted by atomic mass is 14.7. The van der Waals surface area contributed by atoms with Gasteiger partial charge in [-0.2, -0.15) is 0 Å². The van der Waals surface area contributed by atoms with Gasteiger partial charge in [-0.1, -0.05) is 34.1 Å². The molecule has 1 heteroatoms. The van der Waals surface area contributed by atoms with Crippen LogP contribution in [-0.4, -0.2) is 5.54 Å². The molecule has 0 heterocycles. The van der Waals surface area contributed by atoms with Crippen LogP contribution in [0.15, 0.2) is 0 Å². The number of nitrogens with two attached hydrogens (primary N) is 1. The molecule has 1 nitrogen and oxygen atoms in total. The van der Waals surface area contributed by atoms with Crippen LogP contribution >= 0.6 is 0 Å². The minimum absolute atomic E-state index is 0.0347. The molecule has 1 unspecified atom stereocenters. The van der Waals surface area contributed by atoms with E-state index in [4.69, 9.17) is 5.73 Å². The van der Waals surface area contributed by atoms with Crippen LogP contribution in [0.4, 0.5) is 0 Å². The fourth-order valence-electron chi connectivity index (χ4n) is 1.87. The lowest BCUT2D eigenvalue weighted by Gasteiger charge is -2.32. The summed E-state index contributed by atoms with van der Waals surface area (Å²) in [5, 5.41) is 0. The lowest BCUT2D eigenvalue weighted by Crippen LogP contribution is -2.39. The van der Waals surface area contributed by atoms with E-state index in [2.05, 4.69) is 34.6 Å². The Balaban J connectivity index is 3.91. The van der Waals surface area contributed by atoms with E-state index in [0.29, 0.717) is 5.41 Å². The molecule has 0 aromatic heterocycles.